The third kappa shape index (κ3) is 4.23. The summed E-state index contributed by atoms with van der Waals surface area (Å²) in [7, 11) is -3.50. The second-order valence-corrected chi connectivity index (χ2v) is 10.00. The molecule has 0 aromatic heterocycles. The van der Waals surface area contributed by atoms with E-state index in [-0.39, 0.29) is 23.9 Å². The lowest BCUT2D eigenvalue weighted by molar-refractivity contribution is -0.148. The summed E-state index contributed by atoms with van der Waals surface area (Å²) in [6.07, 6.45) is 0. The number of hydrogen-bond donors (Lipinski definition) is 0. The van der Waals surface area contributed by atoms with Gasteiger partial charge in [-0.05, 0) is 62.4 Å². The number of halogens is 2. The second kappa shape index (κ2) is 7.34. The van der Waals surface area contributed by atoms with Crippen LogP contribution in [0.25, 0.3) is 0 Å². The Morgan fingerprint density at radius 3 is 2.00 bits per heavy atom. The Bertz CT molecular complexity index is 935. The van der Waals surface area contributed by atoms with Gasteiger partial charge in [0.1, 0.15) is 11.0 Å². The van der Waals surface area contributed by atoms with Gasteiger partial charge in [0, 0.05) is 23.1 Å². The summed E-state index contributed by atoms with van der Waals surface area (Å²) in [5.41, 5.74) is -1.12. The molecule has 0 unspecified atom stereocenters. The van der Waals surface area contributed by atoms with Gasteiger partial charge < -0.3 is 9.64 Å². The van der Waals surface area contributed by atoms with Crippen LogP contribution in [-0.2, 0) is 14.6 Å². The van der Waals surface area contributed by atoms with E-state index in [2.05, 4.69) is 0 Å². The van der Waals surface area contributed by atoms with Gasteiger partial charge in [-0.2, -0.15) is 0 Å². The largest absolute Gasteiger partial charge is 0.478 e. The van der Waals surface area contributed by atoms with Crippen molar-refractivity contribution in [3.05, 3.63) is 58.6 Å². The minimum Gasteiger partial charge on any atom is -0.478 e. The summed E-state index contributed by atoms with van der Waals surface area (Å²) in [5, 5.41) is 0.416. The van der Waals surface area contributed by atoms with Gasteiger partial charge in [-0.3, -0.25) is 4.79 Å². The Labute approximate surface area is 168 Å². The minimum absolute atomic E-state index is 0.136. The van der Waals surface area contributed by atoms with E-state index in [0.29, 0.717) is 15.8 Å². The average molecular weight is 428 g/mol. The number of nitrogens with zero attached hydrogens (tertiary/aromatic N) is 1. The van der Waals surface area contributed by atoms with Gasteiger partial charge in [0.15, 0.2) is 15.4 Å². The van der Waals surface area contributed by atoms with E-state index in [9.17, 15) is 13.2 Å². The minimum atomic E-state index is -3.50. The molecule has 0 N–H and O–H groups in total. The highest BCUT2D eigenvalue weighted by molar-refractivity contribution is 7.92. The molecule has 144 valence electrons. The predicted molar refractivity (Wildman–Crippen MR) is 105 cm³/mol. The zero-order chi connectivity index (χ0) is 19.8. The lowest BCUT2D eigenvalue weighted by Gasteiger charge is -2.42. The van der Waals surface area contributed by atoms with E-state index in [4.69, 9.17) is 27.9 Å². The summed E-state index contributed by atoms with van der Waals surface area (Å²) in [4.78, 5) is 14.4. The summed E-state index contributed by atoms with van der Waals surface area (Å²) >= 11 is 11.7. The van der Waals surface area contributed by atoms with E-state index in [0.717, 1.165) is 0 Å². The normalized spacial score (nSPS) is 15.3. The van der Waals surface area contributed by atoms with Crippen LogP contribution in [0.5, 0.6) is 5.75 Å². The maximum atomic E-state index is 12.7. The molecule has 0 spiro atoms. The molecule has 1 aliphatic heterocycles. The van der Waals surface area contributed by atoms with E-state index in [1.165, 1.54) is 17.0 Å². The van der Waals surface area contributed by atoms with Crippen molar-refractivity contribution in [2.24, 2.45) is 0 Å². The molecule has 0 saturated carbocycles. The number of sulfone groups is 1. The van der Waals surface area contributed by atoms with Crippen LogP contribution in [-0.4, -0.2) is 43.2 Å². The third-order valence-electron chi connectivity index (χ3n) is 4.42. The quantitative estimate of drug-likeness (QED) is 0.726. The molecule has 5 nitrogen and oxygen atoms in total. The van der Waals surface area contributed by atoms with Gasteiger partial charge in [0.2, 0.25) is 0 Å². The van der Waals surface area contributed by atoms with Crippen molar-refractivity contribution >= 4 is 38.9 Å². The third-order valence-corrected chi connectivity index (χ3v) is 7.03. The highest BCUT2D eigenvalue weighted by Crippen LogP contribution is 2.28. The molecule has 0 atom stereocenters. The molecule has 1 heterocycles. The van der Waals surface area contributed by atoms with Crippen LogP contribution in [0.1, 0.15) is 13.8 Å². The molecule has 27 heavy (non-hydrogen) atoms. The van der Waals surface area contributed by atoms with Crippen LogP contribution in [0.4, 0.5) is 0 Å². The van der Waals surface area contributed by atoms with E-state index >= 15 is 0 Å². The van der Waals surface area contributed by atoms with Crippen LogP contribution in [0.15, 0.2) is 53.4 Å². The van der Waals surface area contributed by atoms with Gasteiger partial charge in [-0.1, -0.05) is 23.2 Å². The fraction of sp³-hybridized carbons (Fsp3) is 0.316. The molecule has 1 aliphatic rings. The highest BCUT2D eigenvalue weighted by Gasteiger charge is 2.45. The van der Waals surface area contributed by atoms with Crippen molar-refractivity contribution in [1.29, 1.82) is 0 Å². The first-order chi connectivity index (χ1) is 12.6. The topological polar surface area (TPSA) is 63.7 Å². The number of carbonyl (C=O) groups is 1. The van der Waals surface area contributed by atoms with Crippen LogP contribution >= 0.6 is 23.2 Å². The first-order valence-corrected chi connectivity index (χ1v) is 10.6. The molecular formula is C19H19Cl2NO4S. The second-order valence-electron chi connectivity index (χ2n) is 6.90. The van der Waals surface area contributed by atoms with Gasteiger partial charge in [0.05, 0.1) is 4.90 Å². The van der Waals surface area contributed by atoms with E-state index < -0.39 is 20.7 Å². The molecule has 0 aliphatic carbocycles. The van der Waals surface area contributed by atoms with Gasteiger partial charge in [0.25, 0.3) is 5.91 Å². The fourth-order valence-electron chi connectivity index (χ4n) is 2.84. The highest BCUT2D eigenvalue weighted by atomic mass is 35.5. The number of amides is 1. The lowest BCUT2D eigenvalue weighted by Crippen LogP contribution is -2.62. The Morgan fingerprint density at radius 2 is 1.48 bits per heavy atom. The molecule has 8 heteroatoms. The SMILES string of the molecule is CC(C)(Oc1ccc(Cl)cc1)C(=O)N1CC(S(=O)(=O)c2ccc(Cl)cc2)C1. The van der Waals surface area contributed by atoms with Crippen molar-refractivity contribution in [3.8, 4) is 5.75 Å². The van der Waals surface area contributed by atoms with Crippen molar-refractivity contribution in [3.63, 3.8) is 0 Å². The first-order valence-electron chi connectivity index (χ1n) is 8.33. The average Bonchev–Trinajstić information content (AvgIpc) is 2.55. The number of benzene rings is 2. The summed E-state index contributed by atoms with van der Waals surface area (Å²) in [6.45, 7) is 3.59. The first kappa shape index (κ1) is 20.0. The van der Waals surface area contributed by atoms with Crippen LogP contribution in [0.2, 0.25) is 10.0 Å². The summed E-state index contributed by atoms with van der Waals surface area (Å²) < 4.78 is 31.1. The Balaban J connectivity index is 1.64. The molecule has 0 bridgehead atoms. The molecule has 1 saturated heterocycles. The van der Waals surface area contributed by atoms with Crippen molar-refractivity contribution < 1.29 is 17.9 Å². The van der Waals surface area contributed by atoms with Crippen LogP contribution in [0, 0.1) is 0 Å². The Kier molecular flexibility index (Phi) is 5.43. The zero-order valence-electron chi connectivity index (χ0n) is 14.9. The van der Waals surface area contributed by atoms with Crippen LogP contribution in [0.3, 0.4) is 0 Å². The fourth-order valence-corrected chi connectivity index (χ4v) is 4.74. The standard InChI is InChI=1S/C19H19Cl2NO4S/c1-19(2,26-15-7-3-13(20)4-8-15)18(23)22-11-17(12-22)27(24,25)16-9-5-14(21)6-10-16/h3-10,17H,11-12H2,1-2H3. The number of carbonyl (C=O) groups excluding carboxylic acids is 1. The molecule has 1 fully saturated rings. The molecule has 0 radical (unpaired) electrons. The van der Waals surface area contributed by atoms with Gasteiger partial charge >= 0.3 is 0 Å². The smallest absolute Gasteiger partial charge is 0.266 e. The lowest BCUT2D eigenvalue weighted by atomic mass is 10.0. The van der Waals surface area contributed by atoms with Crippen molar-refractivity contribution in [1.82, 2.24) is 4.90 Å². The Hall–Kier alpha value is -1.76. The number of likely N-dealkylation sites (tertiary alicyclic amines) is 1. The zero-order valence-corrected chi connectivity index (χ0v) is 17.2. The van der Waals surface area contributed by atoms with E-state index in [1.807, 2.05) is 0 Å². The molecule has 3 rings (SSSR count). The number of rotatable bonds is 5. The van der Waals surface area contributed by atoms with E-state index in [1.54, 1.807) is 50.2 Å². The van der Waals surface area contributed by atoms with Crippen molar-refractivity contribution in [2.45, 2.75) is 29.6 Å². The van der Waals surface area contributed by atoms with Crippen LogP contribution < -0.4 is 4.74 Å². The number of hydrogen-bond acceptors (Lipinski definition) is 4. The predicted octanol–water partition coefficient (Wildman–Crippen LogP) is 3.84. The summed E-state index contributed by atoms with van der Waals surface area (Å²) in [5.74, 6) is 0.253. The van der Waals surface area contributed by atoms with Crippen molar-refractivity contribution in [2.75, 3.05) is 13.1 Å². The maximum absolute atomic E-state index is 12.7. The van der Waals surface area contributed by atoms with Gasteiger partial charge in [-0.15, -0.1) is 0 Å². The molecule has 1 amide bonds. The van der Waals surface area contributed by atoms with Gasteiger partial charge in [-0.25, -0.2) is 8.42 Å². The maximum Gasteiger partial charge on any atom is 0.266 e. The molecule has 2 aromatic carbocycles. The summed E-state index contributed by atoms with van der Waals surface area (Å²) in [6, 6.07) is 12.8. The molecule has 2 aromatic rings. The number of ether oxygens (including phenoxy) is 1. The monoisotopic (exact) mass is 427 g/mol. The Morgan fingerprint density at radius 1 is 1.00 bits per heavy atom. The molecular weight excluding hydrogens is 409 g/mol.